The van der Waals surface area contributed by atoms with Crippen LogP contribution in [0.1, 0.15) is 19.4 Å². The largest absolute Gasteiger partial charge is 0.383 e. The summed E-state index contributed by atoms with van der Waals surface area (Å²) in [6, 6.07) is 5.36. The van der Waals surface area contributed by atoms with E-state index < -0.39 is 0 Å². The zero-order valence-electron chi connectivity index (χ0n) is 8.68. The Morgan fingerprint density at radius 3 is 2.71 bits per heavy atom. The van der Waals surface area contributed by atoms with E-state index in [1.165, 1.54) is 6.07 Å². The molecule has 3 heteroatoms. The number of rotatable bonds is 4. The van der Waals surface area contributed by atoms with Crippen molar-refractivity contribution in [1.29, 1.82) is 0 Å². The zero-order valence-corrected chi connectivity index (χ0v) is 8.68. The molecule has 0 fully saturated rings. The summed E-state index contributed by atoms with van der Waals surface area (Å²) in [5.74, 6) is -0.180. The summed E-state index contributed by atoms with van der Waals surface area (Å²) in [6.07, 6.45) is 0.571. The number of nitrogens with one attached hydrogen (secondary N) is 1. The van der Waals surface area contributed by atoms with Crippen LogP contribution in [-0.4, -0.2) is 12.6 Å². The Balaban J connectivity index is 2.95. The highest BCUT2D eigenvalue weighted by atomic mass is 19.1. The van der Waals surface area contributed by atoms with Crippen LogP contribution in [0.5, 0.6) is 0 Å². The molecular weight excluding hydrogens is 179 g/mol. The van der Waals surface area contributed by atoms with Crippen LogP contribution in [0.2, 0.25) is 0 Å². The lowest BCUT2D eigenvalue weighted by Crippen LogP contribution is -2.14. The highest BCUT2D eigenvalue weighted by molar-refractivity contribution is 5.52. The van der Waals surface area contributed by atoms with Crippen LogP contribution in [0.25, 0.3) is 0 Å². The Morgan fingerprint density at radius 2 is 2.14 bits per heavy atom. The van der Waals surface area contributed by atoms with Gasteiger partial charge in [-0.2, -0.15) is 0 Å². The predicted octanol–water partition coefficient (Wildman–Crippen LogP) is 2.15. The van der Waals surface area contributed by atoms with Crippen molar-refractivity contribution >= 4 is 5.69 Å². The van der Waals surface area contributed by atoms with Gasteiger partial charge in [-0.3, -0.25) is 0 Å². The van der Waals surface area contributed by atoms with Crippen LogP contribution in [0.15, 0.2) is 18.2 Å². The van der Waals surface area contributed by atoms with Crippen LogP contribution in [0, 0.1) is 5.82 Å². The van der Waals surface area contributed by atoms with E-state index in [-0.39, 0.29) is 5.82 Å². The summed E-state index contributed by atoms with van der Waals surface area (Å²) in [5.41, 5.74) is 6.97. The first-order valence-electron chi connectivity index (χ1n) is 4.89. The average Bonchev–Trinajstić information content (AvgIpc) is 2.10. The maximum absolute atomic E-state index is 13.4. The van der Waals surface area contributed by atoms with Crippen molar-refractivity contribution in [3.8, 4) is 0 Å². The molecule has 2 nitrogen and oxygen atoms in total. The van der Waals surface area contributed by atoms with E-state index in [0.29, 0.717) is 24.6 Å². The third-order valence-corrected chi connectivity index (χ3v) is 1.96. The predicted molar refractivity (Wildman–Crippen MR) is 57.9 cm³/mol. The molecule has 1 aromatic rings. The maximum atomic E-state index is 13.4. The molecule has 0 aliphatic carbocycles. The van der Waals surface area contributed by atoms with Gasteiger partial charge in [0.2, 0.25) is 0 Å². The number of nitrogens with two attached hydrogens (primary N) is 1. The fraction of sp³-hybridized carbons (Fsp3) is 0.455. The summed E-state index contributed by atoms with van der Waals surface area (Å²) in [7, 11) is 0. The van der Waals surface area contributed by atoms with Gasteiger partial charge in [-0.1, -0.05) is 6.07 Å². The van der Waals surface area contributed by atoms with Crippen molar-refractivity contribution in [2.75, 3.05) is 11.9 Å². The van der Waals surface area contributed by atoms with Crippen molar-refractivity contribution in [2.24, 2.45) is 5.73 Å². The van der Waals surface area contributed by atoms with Gasteiger partial charge in [-0.05, 0) is 38.9 Å². The van der Waals surface area contributed by atoms with E-state index in [4.69, 9.17) is 5.73 Å². The quantitative estimate of drug-likeness (QED) is 0.774. The Kier molecular flexibility index (Phi) is 3.89. The fourth-order valence-corrected chi connectivity index (χ4v) is 1.40. The highest BCUT2D eigenvalue weighted by Gasteiger charge is 2.07. The smallest absolute Gasteiger partial charge is 0.128 e. The van der Waals surface area contributed by atoms with E-state index in [9.17, 15) is 4.39 Å². The van der Waals surface area contributed by atoms with Gasteiger partial charge in [0.25, 0.3) is 0 Å². The monoisotopic (exact) mass is 196 g/mol. The standard InChI is InChI=1S/C11H17FN2/c1-8(2)14-11-5-3-4-10(12)9(11)6-7-13/h3-5,8,14H,6-7,13H2,1-2H3. The molecule has 0 radical (unpaired) electrons. The topological polar surface area (TPSA) is 38.0 Å². The second kappa shape index (κ2) is 4.96. The van der Waals surface area contributed by atoms with Gasteiger partial charge in [-0.15, -0.1) is 0 Å². The minimum Gasteiger partial charge on any atom is -0.383 e. The molecule has 0 amide bonds. The van der Waals surface area contributed by atoms with Crippen molar-refractivity contribution < 1.29 is 4.39 Å². The molecule has 0 bridgehead atoms. The van der Waals surface area contributed by atoms with Crippen LogP contribution in [-0.2, 0) is 6.42 Å². The Labute approximate surface area is 84.3 Å². The molecular formula is C11H17FN2. The Hall–Kier alpha value is -1.09. The van der Waals surface area contributed by atoms with Gasteiger partial charge in [0.05, 0.1) is 0 Å². The molecule has 0 saturated heterocycles. The molecule has 0 atom stereocenters. The van der Waals surface area contributed by atoms with E-state index in [2.05, 4.69) is 5.32 Å². The van der Waals surface area contributed by atoms with Crippen LogP contribution >= 0.6 is 0 Å². The molecule has 0 unspecified atom stereocenters. The normalized spacial score (nSPS) is 10.6. The first kappa shape index (κ1) is 11.0. The van der Waals surface area contributed by atoms with E-state index in [1.54, 1.807) is 6.07 Å². The van der Waals surface area contributed by atoms with E-state index >= 15 is 0 Å². The fourth-order valence-electron chi connectivity index (χ4n) is 1.40. The number of halogens is 1. The Morgan fingerprint density at radius 1 is 1.43 bits per heavy atom. The van der Waals surface area contributed by atoms with Gasteiger partial charge >= 0.3 is 0 Å². The van der Waals surface area contributed by atoms with Gasteiger partial charge < -0.3 is 11.1 Å². The molecule has 0 aromatic heterocycles. The molecule has 3 N–H and O–H groups in total. The van der Waals surface area contributed by atoms with Gasteiger partial charge in [0.1, 0.15) is 5.82 Å². The zero-order chi connectivity index (χ0) is 10.6. The van der Waals surface area contributed by atoms with Crippen LogP contribution < -0.4 is 11.1 Å². The second-order valence-electron chi connectivity index (χ2n) is 3.60. The molecule has 0 saturated carbocycles. The first-order valence-corrected chi connectivity index (χ1v) is 4.89. The Bertz CT molecular complexity index is 297. The maximum Gasteiger partial charge on any atom is 0.128 e. The van der Waals surface area contributed by atoms with Gasteiger partial charge in [0.15, 0.2) is 0 Å². The summed E-state index contributed by atoms with van der Waals surface area (Å²) in [5, 5.41) is 3.20. The van der Waals surface area contributed by atoms with Gasteiger partial charge in [-0.25, -0.2) is 4.39 Å². The van der Waals surface area contributed by atoms with Crippen molar-refractivity contribution in [3.05, 3.63) is 29.6 Å². The van der Waals surface area contributed by atoms with Crippen molar-refractivity contribution in [3.63, 3.8) is 0 Å². The van der Waals surface area contributed by atoms with Crippen molar-refractivity contribution in [1.82, 2.24) is 0 Å². The van der Waals surface area contributed by atoms with Crippen molar-refractivity contribution in [2.45, 2.75) is 26.3 Å². The summed E-state index contributed by atoms with van der Waals surface area (Å²) < 4.78 is 13.4. The lowest BCUT2D eigenvalue weighted by Gasteiger charge is -2.14. The minimum atomic E-state index is -0.180. The molecule has 0 heterocycles. The van der Waals surface area contributed by atoms with E-state index in [1.807, 2.05) is 19.9 Å². The average molecular weight is 196 g/mol. The number of hydrogen-bond acceptors (Lipinski definition) is 2. The highest BCUT2D eigenvalue weighted by Crippen LogP contribution is 2.19. The number of hydrogen-bond donors (Lipinski definition) is 2. The third kappa shape index (κ3) is 2.70. The lowest BCUT2D eigenvalue weighted by atomic mass is 10.1. The molecule has 78 valence electrons. The van der Waals surface area contributed by atoms with Crippen LogP contribution in [0.4, 0.5) is 10.1 Å². The summed E-state index contributed by atoms with van der Waals surface area (Å²) in [6.45, 7) is 4.52. The summed E-state index contributed by atoms with van der Waals surface area (Å²) in [4.78, 5) is 0. The molecule has 0 aliphatic rings. The minimum absolute atomic E-state index is 0.180. The lowest BCUT2D eigenvalue weighted by molar-refractivity contribution is 0.610. The number of anilines is 1. The van der Waals surface area contributed by atoms with Crippen LogP contribution in [0.3, 0.4) is 0 Å². The third-order valence-electron chi connectivity index (χ3n) is 1.96. The molecule has 0 spiro atoms. The van der Waals surface area contributed by atoms with E-state index in [0.717, 1.165) is 5.69 Å². The SMILES string of the molecule is CC(C)Nc1cccc(F)c1CCN. The van der Waals surface area contributed by atoms with Gasteiger partial charge in [0, 0.05) is 17.3 Å². The molecule has 1 rings (SSSR count). The number of benzene rings is 1. The second-order valence-corrected chi connectivity index (χ2v) is 3.60. The summed E-state index contributed by atoms with van der Waals surface area (Å²) >= 11 is 0. The molecule has 1 aromatic carbocycles. The molecule has 0 aliphatic heterocycles. The molecule has 14 heavy (non-hydrogen) atoms. The first-order chi connectivity index (χ1) is 6.65.